The lowest BCUT2D eigenvalue weighted by Gasteiger charge is -2.26. The molecule has 7 nitrogen and oxygen atoms in total. The summed E-state index contributed by atoms with van der Waals surface area (Å²) in [5.41, 5.74) is 2.19. The number of carbonyl (C=O) groups is 4. The van der Waals surface area contributed by atoms with Gasteiger partial charge in [0.1, 0.15) is 6.04 Å². The summed E-state index contributed by atoms with van der Waals surface area (Å²) in [6, 6.07) is 12.9. The molecule has 168 valence electrons. The van der Waals surface area contributed by atoms with Gasteiger partial charge in [0.25, 0.3) is 11.8 Å². The van der Waals surface area contributed by atoms with Crippen molar-refractivity contribution in [3.05, 3.63) is 65.2 Å². The van der Waals surface area contributed by atoms with E-state index in [2.05, 4.69) is 10.6 Å². The van der Waals surface area contributed by atoms with Gasteiger partial charge in [-0.1, -0.05) is 52.0 Å². The van der Waals surface area contributed by atoms with Crippen LogP contribution in [-0.2, 0) is 16.1 Å². The van der Waals surface area contributed by atoms with Gasteiger partial charge in [0.05, 0.1) is 11.1 Å². The predicted molar refractivity (Wildman–Crippen MR) is 122 cm³/mol. The molecule has 0 saturated carbocycles. The Hall–Kier alpha value is -3.48. The Labute approximate surface area is 188 Å². The zero-order valence-corrected chi connectivity index (χ0v) is 18.8. The third kappa shape index (κ3) is 5.04. The van der Waals surface area contributed by atoms with Gasteiger partial charge in [-0.15, -0.1) is 0 Å². The number of imide groups is 1. The van der Waals surface area contributed by atoms with Gasteiger partial charge >= 0.3 is 0 Å². The van der Waals surface area contributed by atoms with Crippen LogP contribution < -0.4 is 10.6 Å². The van der Waals surface area contributed by atoms with Crippen LogP contribution in [0, 0.1) is 11.8 Å². The second-order valence-corrected chi connectivity index (χ2v) is 8.73. The van der Waals surface area contributed by atoms with Crippen molar-refractivity contribution in [2.24, 2.45) is 11.8 Å². The van der Waals surface area contributed by atoms with Crippen molar-refractivity contribution < 1.29 is 19.2 Å². The first kappa shape index (κ1) is 23.2. The topological polar surface area (TPSA) is 95.6 Å². The monoisotopic (exact) mass is 435 g/mol. The second kappa shape index (κ2) is 9.77. The molecule has 1 heterocycles. The number of fused-ring (bicyclic) bond motifs is 1. The van der Waals surface area contributed by atoms with Crippen molar-refractivity contribution in [3.63, 3.8) is 0 Å². The summed E-state index contributed by atoms with van der Waals surface area (Å²) in [7, 11) is 0. The molecule has 3 rings (SSSR count). The number of nitrogens with zero attached hydrogens (tertiary/aromatic N) is 1. The van der Waals surface area contributed by atoms with Crippen LogP contribution in [0.3, 0.4) is 0 Å². The molecule has 2 aromatic carbocycles. The Balaban J connectivity index is 1.69. The van der Waals surface area contributed by atoms with Crippen LogP contribution in [0.1, 0.15) is 60.4 Å². The van der Waals surface area contributed by atoms with Crippen LogP contribution in [0.4, 0.5) is 5.69 Å². The molecule has 0 bridgehead atoms. The van der Waals surface area contributed by atoms with E-state index in [-0.39, 0.29) is 30.2 Å². The maximum absolute atomic E-state index is 13.1. The summed E-state index contributed by atoms with van der Waals surface area (Å²) in [6.07, 6.45) is 0.372. The molecule has 32 heavy (non-hydrogen) atoms. The lowest BCUT2D eigenvalue weighted by atomic mass is 10.0. The molecule has 0 radical (unpaired) electrons. The summed E-state index contributed by atoms with van der Waals surface area (Å²) >= 11 is 0. The first-order chi connectivity index (χ1) is 15.2. The van der Waals surface area contributed by atoms with Crippen molar-refractivity contribution in [1.29, 1.82) is 0 Å². The molecule has 1 aliphatic rings. The van der Waals surface area contributed by atoms with Crippen LogP contribution >= 0.6 is 0 Å². The molecule has 2 N–H and O–H groups in total. The Morgan fingerprint density at radius 3 is 1.91 bits per heavy atom. The molecule has 0 saturated heterocycles. The van der Waals surface area contributed by atoms with Crippen molar-refractivity contribution in [2.45, 2.75) is 46.7 Å². The molecule has 4 amide bonds. The van der Waals surface area contributed by atoms with Gasteiger partial charge in [0, 0.05) is 18.2 Å². The van der Waals surface area contributed by atoms with Crippen LogP contribution in [0.25, 0.3) is 0 Å². The minimum Gasteiger partial charge on any atom is -0.350 e. The van der Waals surface area contributed by atoms with Crippen LogP contribution in [0.5, 0.6) is 0 Å². The van der Waals surface area contributed by atoms with Crippen molar-refractivity contribution in [2.75, 3.05) is 5.32 Å². The van der Waals surface area contributed by atoms with Gasteiger partial charge < -0.3 is 10.6 Å². The maximum atomic E-state index is 13.1. The minimum absolute atomic E-state index is 0.0662. The summed E-state index contributed by atoms with van der Waals surface area (Å²) in [5, 5.41) is 5.68. The highest BCUT2D eigenvalue weighted by Crippen LogP contribution is 2.27. The number of amides is 4. The molecule has 0 spiro atoms. The van der Waals surface area contributed by atoms with Crippen LogP contribution in [0.2, 0.25) is 0 Å². The Bertz CT molecular complexity index is 993. The van der Waals surface area contributed by atoms with E-state index in [9.17, 15) is 19.2 Å². The highest BCUT2D eigenvalue weighted by atomic mass is 16.2. The summed E-state index contributed by atoms with van der Waals surface area (Å²) in [6.45, 7) is 7.78. The molecular weight excluding hydrogens is 406 g/mol. The third-order valence-electron chi connectivity index (χ3n) is 5.35. The van der Waals surface area contributed by atoms with Gasteiger partial charge in [0.2, 0.25) is 11.8 Å². The molecule has 1 unspecified atom stereocenters. The number of hydrogen-bond acceptors (Lipinski definition) is 4. The van der Waals surface area contributed by atoms with E-state index >= 15 is 0 Å². The molecule has 0 aromatic heterocycles. The quantitative estimate of drug-likeness (QED) is 0.619. The minimum atomic E-state index is -0.882. The molecule has 0 fully saturated rings. The fraction of sp³-hybridized carbons (Fsp3) is 0.360. The van der Waals surface area contributed by atoms with Crippen LogP contribution in [-0.4, -0.2) is 34.6 Å². The second-order valence-electron chi connectivity index (χ2n) is 8.73. The number of benzene rings is 2. The van der Waals surface area contributed by atoms with E-state index in [0.29, 0.717) is 23.2 Å². The largest absolute Gasteiger partial charge is 0.350 e. The van der Waals surface area contributed by atoms with Gasteiger partial charge in [-0.05, 0) is 42.2 Å². The molecule has 2 aromatic rings. The van der Waals surface area contributed by atoms with Gasteiger partial charge in [-0.2, -0.15) is 0 Å². The smallest absolute Gasteiger partial charge is 0.262 e. The summed E-state index contributed by atoms with van der Waals surface area (Å²) < 4.78 is 0. The molecule has 1 atom stereocenters. The van der Waals surface area contributed by atoms with E-state index in [0.717, 1.165) is 10.5 Å². The van der Waals surface area contributed by atoms with E-state index in [4.69, 9.17) is 0 Å². The summed E-state index contributed by atoms with van der Waals surface area (Å²) in [4.78, 5) is 51.7. The fourth-order valence-corrected chi connectivity index (χ4v) is 3.57. The average molecular weight is 436 g/mol. The van der Waals surface area contributed by atoms with Crippen molar-refractivity contribution in [3.8, 4) is 0 Å². The van der Waals surface area contributed by atoms with Crippen LogP contribution in [0.15, 0.2) is 48.5 Å². The highest BCUT2D eigenvalue weighted by molar-refractivity contribution is 6.22. The Morgan fingerprint density at radius 1 is 0.844 bits per heavy atom. The number of hydrogen-bond donors (Lipinski definition) is 2. The van der Waals surface area contributed by atoms with Crippen molar-refractivity contribution >= 4 is 29.3 Å². The molecule has 0 aliphatic carbocycles. The first-order valence-corrected chi connectivity index (χ1v) is 10.8. The maximum Gasteiger partial charge on any atom is 0.262 e. The first-order valence-electron chi connectivity index (χ1n) is 10.8. The number of nitrogens with one attached hydrogen (secondary N) is 2. The third-order valence-corrected chi connectivity index (χ3v) is 5.35. The summed E-state index contributed by atoms with van der Waals surface area (Å²) in [5.74, 6) is -1.31. The van der Waals surface area contributed by atoms with Gasteiger partial charge in [-0.3, -0.25) is 24.1 Å². The van der Waals surface area contributed by atoms with E-state index in [1.807, 2.05) is 39.8 Å². The Kier molecular flexibility index (Phi) is 7.08. The molecule has 7 heteroatoms. The lowest BCUT2D eigenvalue weighted by Crippen LogP contribution is -2.50. The van der Waals surface area contributed by atoms with E-state index < -0.39 is 17.9 Å². The van der Waals surface area contributed by atoms with Gasteiger partial charge in [-0.25, -0.2) is 0 Å². The fourth-order valence-electron chi connectivity index (χ4n) is 3.57. The number of rotatable bonds is 8. The normalized spacial score (nSPS) is 14.0. The zero-order valence-electron chi connectivity index (χ0n) is 18.8. The van der Waals surface area contributed by atoms with E-state index in [1.165, 1.54) is 0 Å². The lowest BCUT2D eigenvalue weighted by molar-refractivity contribution is -0.125. The Morgan fingerprint density at radius 2 is 1.41 bits per heavy atom. The number of anilines is 1. The molecule has 1 aliphatic heterocycles. The molecular formula is C25H29N3O4. The highest BCUT2D eigenvalue weighted by Gasteiger charge is 2.42. The average Bonchev–Trinajstić information content (AvgIpc) is 3.01. The van der Waals surface area contributed by atoms with Gasteiger partial charge in [0.15, 0.2) is 0 Å². The number of carbonyl (C=O) groups excluding carboxylic acids is 4. The SMILES string of the molecule is CC(C)CC(C(=O)NCc1ccc(NC(=O)C(C)C)cc1)N1C(=O)c2ccccc2C1=O. The zero-order chi connectivity index (χ0) is 23.4. The van der Waals surface area contributed by atoms with Crippen molar-refractivity contribution in [1.82, 2.24) is 10.2 Å². The van der Waals surface area contributed by atoms with E-state index in [1.54, 1.807) is 36.4 Å². The standard InChI is InChI=1S/C25H29N3O4/c1-15(2)13-21(28-24(31)19-7-5-6-8-20(19)25(28)32)23(30)26-14-17-9-11-18(12-10-17)27-22(29)16(3)4/h5-12,15-16,21H,13-14H2,1-4H3,(H,26,30)(H,27,29). The predicted octanol–water partition coefficient (Wildman–Crippen LogP) is 3.61.